The molecule has 0 aromatic heterocycles. The number of hydrogen-bond acceptors (Lipinski definition) is 4. The number of hydrogen-bond donors (Lipinski definition) is 3. The third kappa shape index (κ3) is 5.93. The van der Waals surface area contributed by atoms with Crippen LogP contribution in [0, 0.1) is 0 Å². The van der Waals surface area contributed by atoms with Gasteiger partial charge in [0.1, 0.15) is 5.41 Å². The molecule has 0 unspecified atom stereocenters. The van der Waals surface area contributed by atoms with E-state index in [9.17, 15) is 9.59 Å². The molecular formula is C25H34N4O2. The Labute approximate surface area is 185 Å². The SMILES string of the molecule is CNCC(=O)NCCCCCN1CCCC(c2ccccc2)(c2ccccc2)C(=O)N1. The maximum absolute atomic E-state index is 13.6. The fraction of sp³-hybridized carbons (Fsp3) is 0.440. The highest BCUT2D eigenvalue weighted by molar-refractivity contribution is 5.92. The predicted octanol–water partition coefficient (Wildman–Crippen LogP) is 2.61. The van der Waals surface area contributed by atoms with E-state index in [0.717, 1.165) is 56.3 Å². The molecule has 0 spiro atoms. The highest BCUT2D eigenvalue weighted by Gasteiger charge is 2.43. The summed E-state index contributed by atoms with van der Waals surface area (Å²) in [7, 11) is 1.76. The third-order valence-corrected chi connectivity index (χ3v) is 5.92. The first-order valence-corrected chi connectivity index (χ1v) is 11.2. The van der Waals surface area contributed by atoms with E-state index in [1.54, 1.807) is 7.05 Å². The number of likely N-dealkylation sites (N-methyl/N-ethyl adjacent to an activating group) is 1. The molecule has 1 saturated heterocycles. The summed E-state index contributed by atoms with van der Waals surface area (Å²) in [6.07, 6.45) is 4.64. The van der Waals surface area contributed by atoms with Crippen molar-refractivity contribution in [3.63, 3.8) is 0 Å². The molecule has 1 aliphatic heterocycles. The summed E-state index contributed by atoms with van der Waals surface area (Å²) < 4.78 is 0. The van der Waals surface area contributed by atoms with Crippen LogP contribution in [0.4, 0.5) is 0 Å². The lowest BCUT2D eigenvalue weighted by Gasteiger charge is -2.32. The maximum atomic E-state index is 13.6. The van der Waals surface area contributed by atoms with Crippen molar-refractivity contribution in [1.82, 2.24) is 21.1 Å². The maximum Gasteiger partial charge on any atom is 0.249 e. The molecule has 1 aliphatic rings. The van der Waals surface area contributed by atoms with Crippen molar-refractivity contribution in [2.45, 2.75) is 37.5 Å². The van der Waals surface area contributed by atoms with E-state index in [2.05, 4.69) is 45.3 Å². The number of nitrogens with zero attached hydrogens (tertiary/aromatic N) is 1. The fourth-order valence-corrected chi connectivity index (χ4v) is 4.33. The van der Waals surface area contributed by atoms with Crippen LogP contribution in [0.15, 0.2) is 60.7 Å². The zero-order chi connectivity index (χ0) is 21.9. The Balaban J connectivity index is 1.60. The Morgan fingerprint density at radius 2 is 1.65 bits per heavy atom. The van der Waals surface area contributed by atoms with Crippen LogP contribution in [0.2, 0.25) is 0 Å². The zero-order valence-electron chi connectivity index (χ0n) is 18.4. The van der Waals surface area contributed by atoms with Crippen molar-refractivity contribution in [2.75, 3.05) is 33.2 Å². The molecule has 31 heavy (non-hydrogen) atoms. The molecule has 1 fully saturated rings. The van der Waals surface area contributed by atoms with Crippen LogP contribution >= 0.6 is 0 Å². The zero-order valence-corrected chi connectivity index (χ0v) is 18.4. The van der Waals surface area contributed by atoms with E-state index in [4.69, 9.17) is 0 Å². The second-order valence-electron chi connectivity index (χ2n) is 8.11. The Bertz CT molecular complexity index is 786. The van der Waals surface area contributed by atoms with Gasteiger partial charge in [-0.25, -0.2) is 5.01 Å². The van der Waals surface area contributed by atoms with Gasteiger partial charge in [0.25, 0.3) is 0 Å². The minimum absolute atomic E-state index is 0.0282. The number of benzene rings is 2. The summed E-state index contributed by atoms with van der Waals surface area (Å²) in [5.74, 6) is 0.0715. The van der Waals surface area contributed by atoms with Gasteiger partial charge < -0.3 is 10.6 Å². The number of unbranched alkanes of at least 4 members (excludes halogenated alkanes) is 2. The summed E-state index contributed by atoms with van der Waals surface area (Å²) >= 11 is 0. The van der Waals surface area contributed by atoms with Gasteiger partial charge in [0.05, 0.1) is 6.54 Å². The molecule has 3 N–H and O–H groups in total. The monoisotopic (exact) mass is 422 g/mol. The highest BCUT2D eigenvalue weighted by Crippen LogP contribution is 2.38. The second-order valence-corrected chi connectivity index (χ2v) is 8.11. The van der Waals surface area contributed by atoms with Gasteiger partial charge in [-0.3, -0.25) is 15.0 Å². The number of amides is 2. The normalized spacial score (nSPS) is 16.4. The summed E-state index contributed by atoms with van der Waals surface area (Å²) in [6.45, 7) is 2.70. The number of carbonyl (C=O) groups excluding carboxylic acids is 2. The van der Waals surface area contributed by atoms with E-state index in [-0.39, 0.29) is 11.8 Å². The van der Waals surface area contributed by atoms with Gasteiger partial charge in [0.15, 0.2) is 0 Å². The number of carbonyl (C=O) groups is 2. The molecule has 0 radical (unpaired) electrons. The van der Waals surface area contributed by atoms with E-state index < -0.39 is 5.41 Å². The first-order valence-electron chi connectivity index (χ1n) is 11.2. The van der Waals surface area contributed by atoms with E-state index in [1.807, 2.05) is 36.4 Å². The first kappa shape index (κ1) is 23.0. The minimum atomic E-state index is -0.672. The molecule has 2 amide bonds. The molecule has 6 nitrogen and oxygen atoms in total. The third-order valence-electron chi connectivity index (χ3n) is 5.92. The molecule has 1 heterocycles. The van der Waals surface area contributed by atoms with E-state index >= 15 is 0 Å². The minimum Gasteiger partial charge on any atom is -0.355 e. The Morgan fingerprint density at radius 1 is 1.00 bits per heavy atom. The topological polar surface area (TPSA) is 73.5 Å². The molecule has 6 heteroatoms. The quantitative estimate of drug-likeness (QED) is 0.515. The summed E-state index contributed by atoms with van der Waals surface area (Å²) in [6, 6.07) is 20.2. The van der Waals surface area contributed by atoms with Gasteiger partial charge in [-0.15, -0.1) is 0 Å². The van der Waals surface area contributed by atoms with E-state index in [0.29, 0.717) is 13.1 Å². The highest BCUT2D eigenvalue weighted by atomic mass is 16.2. The number of hydrazine groups is 1. The molecule has 0 bridgehead atoms. The molecular weight excluding hydrogens is 388 g/mol. The van der Waals surface area contributed by atoms with Gasteiger partial charge in [-0.2, -0.15) is 0 Å². The average molecular weight is 423 g/mol. The number of rotatable bonds is 10. The molecule has 2 aromatic rings. The predicted molar refractivity (Wildman–Crippen MR) is 123 cm³/mol. The summed E-state index contributed by atoms with van der Waals surface area (Å²) in [5, 5.41) is 7.81. The van der Waals surface area contributed by atoms with Crippen molar-refractivity contribution in [3.05, 3.63) is 71.8 Å². The second kappa shape index (κ2) is 11.6. The van der Waals surface area contributed by atoms with Crippen molar-refractivity contribution in [3.8, 4) is 0 Å². The lowest BCUT2D eigenvalue weighted by molar-refractivity contribution is -0.129. The molecule has 0 saturated carbocycles. The van der Waals surface area contributed by atoms with E-state index in [1.165, 1.54) is 0 Å². The summed E-state index contributed by atoms with van der Waals surface area (Å²) in [5.41, 5.74) is 4.62. The number of nitrogens with one attached hydrogen (secondary N) is 3. The molecule has 3 rings (SSSR count). The van der Waals surface area contributed by atoms with Gasteiger partial charge >= 0.3 is 0 Å². The van der Waals surface area contributed by atoms with Crippen LogP contribution in [0.1, 0.15) is 43.2 Å². The Kier molecular flexibility index (Phi) is 8.62. The van der Waals surface area contributed by atoms with Crippen molar-refractivity contribution < 1.29 is 9.59 Å². The Hall–Kier alpha value is -2.70. The van der Waals surface area contributed by atoms with Gasteiger partial charge in [-0.05, 0) is 43.9 Å². The van der Waals surface area contributed by atoms with Gasteiger partial charge in [-0.1, -0.05) is 67.1 Å². The molecule has 0 atom stereocenters. The largest absolute Gasteiger partial charge is 0.355 e. The van der Waals surface area contributed by atoms with Crippen molar-refractivity contribution in [2.24, 2.45) is 0 Å². The van der Waals surface area contributed by atoms with Crippen LogP contribution in [-0.4, -0.2) is 50.0 Å². The summed E-state index contributed by atoms with van der Waals surface area (Å²) in [4.78, 5) is 25.1. The van der Waals surface area contributed by atoms with Crippen LogP contribution in [0.25, 0.3) is 0 Å². The molecule has 166 valence electrons. The lowest BCUT2D eigenvalue weighted by atomic mass is 9.71. The van der Waals surface area contributed by atoms with Crippen LogP contribution in [0.5, 0.6) is 0 Å². The Morgan fingerprint density at radius 3 is 2.26 bits per heavy atom. The first-order chi connectivity index (χ1) is 15.2. The average Bonchev–Trinajstić information content (AvgIpc) is 2.96. The van der Waals surface area contributed by atoms with Crippen LogP contribution in [-0.2, 0) is 15.0 Å². The molecule has 2 aromatic carbocycles. The van der Waals surface area contributed by atoms with Gasteiger partial charge in [0.2, 0.25) is 11.8 Å². The van der Waals surface area contributed by atoms with Crippen LogP contribution in [0.3, 0.4) is 0 Å². The lowest BCUT2D eigenvalue weighted by Crippen LogP contribution is -2.49. The standard InChI is InChI=1S/C25H34N4O2/c1-26-20-23(30)27-17-9-4-10-18-29-19-11-16-25(24(31)28-29,21-12-5-2-6-13-21)22-14-7-3-8-15-22/h2-3,5-8,12-15,26H,4,9-11,16-20H2,1H3,(H,27,30)(H,28,31). The van der Waals surface area contributed by atoms with Crippen molar-refractivity contribution >= 4 is 11.8 Å². The molecule has 0 aliphatic carbocycles. The van der Waals surface area contributed by atoms with Crippen molar-refractivity contribution in [1.29, 1.82) is 0 Å². The fourth-order valence-electron chi connectivity index (χ4n) is 4.33. The van der Waals surface area contributed by atoms with Gasteiger partial charge in [0, 0.05) is 19.6 Å². The smallest absolute Gasteiger partial charge is 0.249 e. The van der Waals surface area contributed by atoms with Crippen LogP contribution < -0.4 is 16.1 Å².